The van der Waals surface area contributed by atoms with Gasteiger partial charge >= 0.3 is 6.18 Å². The molecule has 3 aromatic heterocycles. The van der Waals surface area contributed by atoms with Gasteiger partial charge in [0.1, 0.15) is 12.1 Å². The van der Waals surface area contributed by atoms with Crippen LogP contribution in [-0.2, 0) is 10.4 Å². The molecule has 2 unspecified atom stereocenters. The van der Waals surface area contributed by atoms with E-state index in [0.29, 0.717) is 5.56 Å². The van der Waals surface area contributed by atoms with Crippen LogP contribution >= 0.6 is 0 Å². The third-order valence-corrected chi connectivity index (χ3v) is 4.22. The molecule has 2 atom stereocenters. The van der Waals surface area contributed by atoms with Crippen molar-refractivity contribution in [2.24, 2.45) is 5.73 Å². The van der Waals surface area contributed by atoms with Gasteiger partial charge in [-0.25, -0.2) is 20.3 Å². The van der Waals surface area contributed by atoms with Crippen molar-refractivity contribution in [1.82, 2.24) is 20.4 Å². The Balaban J connectivity index is 2.06. The minimum atomic E-state index is -5.09. The minimum absolute atomic E-state index is 0.0708. The first-order valence-electron chi connectivity index (χ1n) is 8.28. The molecule has 0 radical (unpaired) electrons. The standard InChI is InChI=1S/C18H16F3N5O3/c1-11-4-2-6-25-14(11)15(22)17(18(19,20)21,13-5-3-7-28-13)29-26-16(27)12-8-23-10-24-9-12/h2-10,15H,22H2,1H3,(H,26,27). The van der Waals surface area contributed by atoms with Crippen molar-refractivity contribution in [1.29, 1.82) is 0 Å². The van der Waals surface area contributed by atoms with Crippen molar-refractivity contribution >= 4 is 5.91 Å². The maximum atomic E-state index is 14.4. The molecule has 29 heavy (non-hydrogen) atoms. The third kappa shape index (κ3) is 3.82. The van der Waals surface area contributed by atoms with Gasteiger partial charge in [-0.2, -0.15) is 13.2 Å². The van der Waals surface area contributed by atoms with Crippen LogP contribution in [0, 0.1) is 6.92 Å². The first-order chi connectivity index (χ1) is 13.8. The molecule has 8 nitrogen and oxygen atoms in total. The Morgan fingerprint density at radius 1 is 1.24 bits per heavy atom. The van der Waals surface area contributed by atoms with Crippen LogP contribution in [0.4, 0.5) is 13.2 Å². The van der Waals surface area contributed by atoms with Gasteiger partial charge in [0, 0.05) is 18.6 Å². The van der Waals surface area contributed by atoms with E-state index >= 15 is 0 Å². The van der Waals surface area contributed by atoms with Gasteiger partial charge in [0.05, 0.1) is 23.6 Å². The average molecular weight is 407 g/mol. The van der Waals surface area contributed by atoms with Crippen molar-refractivity contribution < 1.29 is 27.2 Å². The molecule has 0 aromatic carbocycles. The largest absolute Gasteiger partial charge is 0.466 e. The zero-order valence-corrected chi connectivity index (χ0v) is 15.1. The molecule has 0 aliphatic heterocycles. The van der Waals surface area contributed by atoms with Gasteiger partial charge < -0.3 is 10.2 Å². The molecule has 0 saturated carbocycles. The van der Waals surface area contributed by atoms with Gasteiger partial charge in [0.15, 0.2) is 0 Å². The van der Waals surface area contributed by atoms with Gasteiger partial charge in [-0.1, -0.05) is 6.07 Å². The highest BCUT2D eigenvalue weighted by molar-refractivity contribution is 5.92. The highest BCUT2D eigenvalue weighted by atomic mass is 19.4. The van der Waals surface area contributed by atoms with Crippen LogP contribution in [0.2, 0.25) is 0 Å². The van der Waals surface area contributed by atoms with E-state index in [2.05, 4.69) is 15.0 Å². The van der Waals surface area contributed by atoms with E-state index in [1.165, 1.54) is 18.6 Å². The van der Waals surface area contributed by atoms with E-state index in [4.69, 9.17) is 15.0 Å². The Morgan fingerprint density at radius 2 is 1.97 bits per heavy atom. The maximum Gasteiger partial charge on any atom is 0.429 e. The number of amides is 1. The lowest BCUT2D eigenvalue weighted by Gasteiger charge is -2.37. The molecule has 3 aromatic rings. The molecule has 152 valence electrons. The number of alkyl halides is 3. The Hall–Kier alpha value is -3.31. The second-order valence-electron chi connectivity index (χ2n) is 6.05. The fourth-order valence-electron chi connectivity index (χ4n) is 2.75. The monoisotopic (exact) mass is 407 g/mol. The number of nitrogens with two attached hydrogens (primary N) is 1. The molecule has 3 heterocycles. The van der Waals surface area contributed by atoms with Crippen molar-refractivity contribution in [3.63, 3.8) is 0 Å². The van der Waals surface area contributed by atoms with Gasteiger partial charge in [0.25, 0.3) is 11.5 Å². The SMILES string of the molecule is Cc1cccnc1C(N)C(ONC(=O)c1cncnc1)(c1ccco1)C(F)(F)F. The zero-order valence-electron chi connectivity index (χ0n) is 15.1. The Bertz CT molecular complexity index is 966. The number of nitrogens with zero attached hydrogens (tertiary/aromatic N) is 3. The summed E-state index contributed by atoms with van der Waals surface area (Å²) in [4.78, 5) is 28.5. The van der Waals surface area contributed by atoms with Crippen LogP contribution in [0.1, 0.15) is 33.4 Å². The molecule has 3 rings (SSSR count). The fraction of sp³-hybridized carbons (Fsp3) is 0.222. The molecule has 0 bridgehead atoms. The summed E-state index contributed by atoms with van der Waals surface area (Å²) in [6.45, 7) is 1.56. The number of hydrogen-bond acceptors (Lipinski definition) is 7. The van der Waals surface area contributed by atoms with Crippen molar-refractivity contribution in [3.05, 3.63) is 78.0 Å². The second kappa shape index (κ2) is 7.97. The molecule has 0 saturated heterocycles. The zero-order chi connectivity index (χ0) is 21.1. The summed E-state index contributed by atoms with van der Waals surface area (Å²) in [6.07, 6.45) is 0.678. The summed E-state index contributed by atoms with van der Waals surface area (Å²) >= 11 is 0. The number of rotatable bonds is 6. The Kier molecular flexibility index (Phi) is 5.62. The van der Waals surface area contributed by atoms with Crippen molar-refractivity contribution in [3.8, 4) is 0 Å². The van der Waals surface area contributed by atoms with Crippen molar-refractivity contribution in [2.45, 2.75) is 24.7 Å². The summed E-state index contributed by atoms with van der Waals surface area (Å²) < 4.78 is 48.2. The van der Waals surface area contributed by atoms with Gasteiger partial charge in [-0.3, -0.25) is 9.78 Å². The molecular formula is C18H16F3N5O3. The molecule has 11 heteroatoms. The lowest BCUT2D eigenvalue weighted by Crippen LogP contribution is -2.55. The normalized spacial score (nSPS) is 14.8. The maximum absolute atomic E-state index is 14.4. The molecule has 0 fully saturated rings. The van der Waals surface area contributed by atoms with Gasteiger partial charge in [-0.15, -0.1) is 0 Å². The summed E-state index contributed by atoms with van der Waals surface area (Å²) in [7, 11) is 0. The van der Waals surface area contributed by atoms with Crippen LogP contribution in [0.3, 0.4) is 0 Å². The molecule has 1 amide bonds. The lowest BCUT2D eigenvalue weighted by atomic mass is 9.87. The predicted molar refractivity (Wildman–Crippen MR) is 92.9 cm³/mol. The van der Waals surface area contributed by atoms with Crippen LogP contribution in [0.25, 0.3) is 0 Å². The van der Waals surface area contributed by atoms with E-state index in [1.54, 1.807) is 24.5 Å². The molecule has 0 aliphatic carbocycles. The first kappa shape index (κ1) is 20.4. The number of aromatic nitrogens is 3. The van der Waals surface area contributed by atoms with E-state index in [9.17, 15) is 18.0 Å². The van der Waals surface area contributed by atoms with E-state index in [0.717, 1.165) is 24.7 Å². The number of halogens is 3. The summed E-state index contributed by atoms with van der Waals surface area (Å²) in [5.41, 5.74) is 4.81. The summed E-state index contributed by atoms with van der Waals surface area (Å²) in [6, 6.07) is 3.58. The van der Waals surface area contributed by atoms with Crippen LogP contribution in [-0.4, -0.2) is 27.0 Å². The number of pyridine rings is 1. The van der Waals surface area contributed by atoms with Gasteiger partial charge in [-0.05, 0) is 30.7 Å². The molecular weight excluding hydrogens is 391 g/mol. The fourth-order valence-corrected chi connectivity index (χ4v) is 2.75. The van der Waals surface area contributed by atoms with Crippen LogP contribution in [0.5, 0.6) is 0 Å². The number of nitrogens with one attached hydrogen (secondary N) is 1. The number of hydrogen-bond donors (Lipinski definition) is 2. The van der Waals surface area contributed by atoms with E-state index < -0.39 is 29.5 Å². The van der Waals surface area contributed by atoms with Crippen LogP contribution in [0.15, 0.2) is 59.9 Å². The lowest BCUT2D eigenvalue weighted by molar-refractivity contribution is -0.313. The minimum Gasteiger partial charge on any atom is -0.466 e. The van der Waals surface area contributed by atoms with E-state index in [-0.39, 0.29) is 11.3 Å². The highest BCUT2D eigenvalue weighted by Crippen LogP contribution is 2.49. The molecule has 0 aliphatic rings. The van der Waals surface area contributed by atoms with Crippen molar-refractivity contribution in [2.75, 3.05) is 0 Å². The predicted octanol–water partition coefficient (Wildman–Crippen LogP) is 2.59. The summed E-state index contributed by atoms with van der Waals surface area (Å²) in [5, 5.41) is 0. The molecule has 3 N–H and O–H groups in total. The number of carbonyl (C=O) groups is 1. The van der Waals surface area contributed by atoms with Gasteiger partial charge in [0.2, 0.25) is 0 Å². The third-order valence-electron chi connectivity index (χ3n) is 4.22. The average Bonchev–Trinajstić information content (AvgIpc) is 3.23. The smallest absolute Gasteiger partial charge is 0.429 e. The van der Waals surface area contributed by atoms with Crippen LogP contribution < -0.4 is 11.2 Å². The number of hydroxylamine groups is 1. The van der Waals surface area contributed by atoms with E-state index in [1.807, 2.05) is 0 Å². The topological polar surface area (TPSA) is 116 Å². The second-order valence-corrected chi connectivity index (χ2v) is 6.05. The summed E-state index contributed by atoms with van der Waals surface area (Å²) in [5.74, 6) is -1.64. The Labute approximate surface area is 162 Å². The number of carbonyl (C=O) groups excluding carboxylic acids is 1. The number of furan rings is 1. The Morgan fingerprint density at radius 3 is 2.55 bits per heavy atom. The highest BCUT2D eigenvalue weighted by Gasteiger charge is 2.65. The quantitative estimate of drug-likeness (QED) is 0.603. The first-order valence-corrected chi connectivity index (χ1v) is 8.28. The molecule has 0 spiro atoms. The number of aryl methyl sites for hydroxylation is 1.